The van der Waals surface area contributed by atoms with Gasteiger partial charge in [-0.1, -0.05) is 12.2 Å². The third kappa shape index (κ3) is 8.34. The molecule has 0 spiro atoms. The maximum Gasteiger partial charge on any atom is 0.401 e. The van der Waals surface area contributed by atoms with Gasteiger partial charge in [0.25, 0.3) is 0 Å². The summed E-state index contributed by atoms with van der Waals surface area (Å²) < 4.78 is 35.9. The fourth-order valence-corrected chi connectivity index (χ4v) is 1.04. The van der Waals surface area contributed by atoms with Gasteiger partial charge in [-0.25, -0.2) is 0 Å². The molecule has 0 saturated heterocycles. The van der Waals surface area contributed by atoms with Gasteiger partial charge in [-0.2, -0.15) is 13.2 Å². The molecule has 0 radical (unpaired) electrons. The molecule has 0 aliphatic rings. The number of nitrogens with zero attached hydrogens (tertiary/aromatic N) is 1. The van der Waals surface area contributed by atoms with E-state index < -0.39 is 12.7 Å². The molecule has 2 nitrogen and oxygen atoms in total. The average Bonchev–Trinajstić information content (AvgIpc) is 2.02. The zero-order valence-corrected chi connectivity index (χ0v) is 8.35. The Morgan fingerprint density at radius 3 is 2.36 bits per heavy atom. The highest BCUT2D eigenvalue weighted by molar-refractivity contribution is 6.18. The van der Waals surface area contributed by atoms with Crippen LogP contribution in [-0.2, 0) is 0 Å². The molecule has 1 N–H and O–H groups in total. The summed E-state index contributed by atoms with van der Waals surface area (Å²) in [6.07, 6.45) is -1.11. The molecule has 0 aromatic carbocycles. The van der Waals surface area contributed by atoms with Crippen LogP contribution in [0, 0.1) is 0 Å². The van der Waals surface area contributed by atoms with Crippen LogP contribution >= 0.6 is 11.6 Å². The molecule has 14 heavy (non-hydrogen) atoms. The summed E-state index contributed by atoms with van der Waals surface area (Å²) in [5.74, 6) is 0.277. The van der Waals surface area contributed by atoms with Gasteiger partial charge in [0.15, 0.2) is 0 Å². The number of aliphatic hydroxyl groups is 1. The second-order valence-corrected chi connectivity index (χ2v) is 3.01. The molecule has 0 rings (SSSR count). The van der Waals surface area contributed by atoms with Crippen LogP contribution in [0.5, 0.6) is 0 Å². The van der Waals surface area contributed by atoms with E-state index in [1.165, 1.54) is 0 Å². The highest BCUT2D eigenvalue weighted by atomic mass is 35.5. The summed E-state index contributed by atoms with van der Waals surface area (Å²) >= 11 is 5.32. The van der Waals surface area contributed by atoms with E-state index >= 15 is 0 Å². The molecule has 0 aliphatic carbocycles. The molecule has 0 heterocycles. The smallest absolute Gasteiger partial charge is 0.395 e. The van der Waals surface area contributed by atoms with Crippen LogP contribution in [0.4, 0.5) is 13.2 Å². The molecular formula is C8H13ClF3NO. The summed E-state index contributed by atoms with van der Waals surface area (Å²) in [5.41, 5.74) is 0. The van der Waals surface area contributed by atoms with Crippen LogP contribution < -0.4 is 0 Å². The molecule has 0 bridgehead atoms. The number of aliphatic hydroxyl groups excluding tert-OH is 1. The molecule has 0 amide bonds. The molecule has 0 fully saturated rings. The lowest BCUT2D eigenvalue weighted by molar-refractivity contribution is -0.145. The van der Waals surface area contributed by atoms with Crippen molar-refractivity contribution < 1.29 is 18.3 Å². The topological polar surface area (TPSA) is 23.5 Å². The van der Waals surface area contributed by atoms with Crippen molar-refractivity contribution in [3.8, 4) is 0 Å². The van der Waals surface area contributed by atoms with Crippen molar-refractivity contribution >= 4 is 11.6 Å². The Hall–Kier alpha value is -0.260. The van der Waals surface area contributed by atoms with Crippen LogP contribution in [0.15, 0.2) is 12.2 Å². The molecule has 0 saturated carbocycles. The first kappa shape index (κ1) is 13.7. The van der Waals surface area contributed by atoms with E-state index in [1.807, 2.05) is 0 Å². The Kier molecular flexibility index (Phi) is 6.96. The molecule has 0 unspecified atom stereocenters. The normalized spacial score (nSPS) is 13.0. The first-order chi connectivity index (χ1) is 6.49. The molecule has 0 aromatic heterocycles. The number of allylic oxidation sites excluding steroid dienone is 1. The van der Waals surface area contributed by atoms with Gasteiger partial charge in [-0.05, 0) is 0 Å². The first-order valence-electron chi connectivity index (χ1n) is 4.10. The minimum absolute atomic E-state index is 0.00609. The van der Waals surface area contributed by atoms with Crippen molar-refractivity contribution in [1.29, 1.82) is 0 Å². The molecule has 0 atom stereocenters. The third-order valence-electron chi connectivity index (χ3n) is 1.44. The number of hydrogen-bond acceptors (Lipinski definition) is 2. The predicted octanol–water partition coefficient (Wildman–Crippen LogP) is 1.64. The average molecular weight is 232 g/mol. The minimum atomic E-state index is -4.23. The Balaban J connectivity index is 3.95. The standard InChI is InChI=1S/C8H13ClF3NO/c9-3-1-2-4-13(5-6-14)7-8(10,11)12/h1-2,14H,3-7H2/b2-1+. The van der Waals surface area contributed by atoms with E-state index in [1.54, 1.807) is 12.2 Å². The monoisotopic (exact) mass is 231 g/mol. The van der Waals surface area contributed by atoms with Crippen molar-refractivity contribution in [3.63, 3.8) is 0 Å². The fraction of sp³-hybridized carbons (Fsp3) is 0.750. The molecule has 84 valence electrons. The van der Waals surface area contributed by atoms with Crippen molar-refractivity contribution in [2.45, 2.75) is 6.18 Å². The van der Waals surface area contributed by atoms with Crippen LogP contribution in [0.2, 0.25) is 0 Å². The van der Waals surface area contributed by atoms with E-state index in [-0.39, 0.29) is 25.6 Å². The lowest BCUT2D eigenvalue weighted by Gasteiger charge is -2.20. The highest BCUT2D eigenvalue weighted by Gasteiger charge is 2.29. The van der Waals surface area contributed by atoms with Gasteiger partial charge in [-0.3, -0.25) is 4.90 Å². The van der Waals surface area contributed by atoms with Gasteiger partial charge in [0.05, 0.1) is 13.2 Å². The lowest BCUT2D eigenvalue weighted by atomic mass is 10.4. The second kappa shape index (κ2) is 7.09. The van der Waals surface area contributed by atoms with Crippen molar-refractivity contribution in [2.24, 2.45) is 0 Å². The molecule has 0 aromatic rings. The summed E-state index contributed by atoms with van der Waals surface area (Å²) in [5, 5.41) is 8.53. The van der Waals surface area contributed by atoms with Crippen LogP contribution in [0.3, 0.4) is 0 Å². The van der Waals surface area contributed by atoms with E-state index in [9.17, 15) is 13.2 Å². The lowest BCUT2D eigenvalue weighted by Crippen LogP contribution is -2.36. The van der Waals surface area contributed by atoms with E-state index in [0.717, 1.165) is 4.90 Å². The van der Waals surface area contributed by atoms with Gasteiger partial charge < -0.3 is 5.11 Å². The largest absolute Gasteiger partial charge is 0.401 e. The summed E-state index contributed by atoms with van der Waals surface area (Å²) in [6, 6.07) is 0. The van der Waals surface area contributed by atoms with Gasteiger partial charge in [0, 0.05) is 19.0 Å². The van der Waals surface area contributed by atoms with Gasteiger partial charge in [0.1, 0.15) is 0 Å². The van der Waals surface area contributed by atoms with Gasteiger partial charge in [-0.15, -0.1) is 11.6 Å². The summed E-state index contributed by atoms with van der Waals surface area (Å²) in [4.78, 5) is 1.10. The zero-order valence-electron chi connectivity index (χ0n) is 7.60. The van der Waals surface area contributed by atoms with Gasteiger partial charge in [0.2, 0.25) is 0 Å². The Morgan fingerprint density at radius 2 is 1.93 bits per heavy atom. The van der Waals surface area contributed by atoms with E-state index in [4.69, 9.17) is 16.7 Å². The quantitative estimate of drug-likeness (QED) is 0.555. The van der Waals surface area contributed by atoms with Crippen molar-refractivity contribution in [3.05, 3.63) is 12.2 Å². The molecule has 0 aliphatic heterocycles. The van der Waals surface area contributed by atoms with E-state index in [2.05, 4.69) is 0 Å². The van der Waals surface area contributed by atoms with Crippen molar-refractivity contribution in [2.75, 3.05) is 32.1 Å². The van der Waals surface area contributed by atoms with Gasteiger partial charge >= 0.3 is 6.18 Å². The molecule has 6 heteroatoms. The second-order valence-electron chi connectivity index (χ2n) is 2.70. The number of alkyl halides is 4. The predicted molar refractivity (Wildman–Crippen MR) is 49.4 cm³/mol. The number of halogens is 4. The SMILES string of the molecule is OCCN(C/C=C/CCl)CC(F)(F)F. The van der Waals surface area contributed by atoms with Crippen LogP contribution in [0.1, 0.15) is 0 Å². The Morgan fingerprint density at radius 1 is 1.29 bits per heavy atom. The minimum Gasteiger partial charge on any atom is -0.395 e. The zero-order chi connectivity index (χ0) is 11.0. The maximum absolute atomic E-state index is 12.0. The Labute approximate surface area is 86.0 Å². The van der Waals surface area contributed by atoms with Crippen LogP contribution in [-0.4, -0.2) is 48.3 Å². The summed E-state index contributed by atoms with van der Waals surface area (Å²) in [7, 11) is 0. The first-order valence-corrected chi connectivity index (χ1v) is 4.64. The van der Waals surface area contributed by atoms with E-state index in [0.29, 0.717) is 0 Å². The number of rotatable bonds is 6. The fourth-order valence-electron chi connectivity index (χ4n) is 0.916. The van der Waals surface area contributed by atoms with Crippen molar-refractivity contribution in [1.82, 2.24) is 4.90 Å². The highest BCUT2D eigenvalue weighted by Crippen LogP contribution is 2.16. The third-order valence-corrected chi connectivity index (χ3v) is 1.62. The maximum atomic E-state index is 12.0. The number of hydrogen-bond donors (Lipinski definition) is 1. The Bertz CT molecular complexity index is 172. The molecular weight excluding hydrogens is 219 g/mol. The van der Waals surface area contributed by atoms with Crippen LogP contribution in [0.25, 0.3) is 0 Å². The summed E-state index contributed by atoms with van der Waals surface area (Å²) in [6.45, 7) is -1.15.